The highest BCUT2D eigenvalue weighted by atomic mass is 35.5. The van der Waals surface area contributed by atoms with Crippen LogP contribution in [0.25, 0.3) is 0 Å². The zero-order valence-corrected chi connectivity index (χ0v) is 15.2. The molecule has 6 heteroatoms. The van der Waals surface area contributed by atoms with Crippen molar-refractivity contribution in [3.63, 3.8) is 0 Å². The fourth-order valence-electron chi connectivity index (χ4n) is 2.46. The standard InChI is InChI=1S/C19H21ClN2O3/c1-12-16(20)5-4-6-17(12)22-19(24)11-18(21-13(2)23)14-7-9-15(25-3)10-8-14/h4-10,18H,11H2,1-3H3,(H,21,23)(H,22,24). The van der Waals surface area contributed by atoms with Gasteiger partial charge in [-0.05, 0) is 42.3 Å². The number of carbonyl (C=O) groups is 2. The quantitative estimate of drug-likeness (QED) is 0.821. The van der Waals surface area contributed by atoms with Gasteiger partial charge in [0, 0.05) is 17.6 Å². The number of benzene rings is 2. The number of amides is 2. The molecule has 0 aromatic heterocycles. The molecule has 1 atom stereocenters. The summed E-state index contributed by atoms with van der Waals surface area (Å²) in [7, 11) is 1.58. The van der Waals surface area contributed by atoms with Crippen molar-refractivity contribution < 1.29 is 14.3 Å². The van der Waals surface area contributed by atoms with E-state index in [0.29, 0.717) is 16.5 Å². The SMILES string of the molecule is COc1ccc(C(CC(=O)Nc2cccc(Cl)c2C)NC(C)=O)cc1. The summed E-state index contributed by atoms with van der Waals surface area (Å²) in [5.74, 6) is 0.303. The third-order valence-corrected chi connectivity index (χ3v) is 4.24. The van der Waals surface area contributed by atoms with Gasteiger partial charge in [-0.15, -0.1) is 0 Å². The number of carbonyl (C=O) groups excluding carboxylic acids is 2. The minimum absolute atomic E-state index is 0.109. The largest absolute Gasteiger partial charge is 0.497 e. The van der Waals surface area contributed by atoms with Gasteiger partial charge < -0.3 is 15.4 Å². The highest BCUT2D eigenvalue weighted by Crippen LogP contribution is 2.25. The molecule has 2 aromatic rings. The Morgan fingerprint density at radius 3 is 2.44 bits per heavy atom. The number of halogens is 1. The second-order valence-corrected chi connectivity index (χ2v) is 6.10. The van der Waals surface area contributed by atoms with Crippen LogP contribution in [0, 0.1) is 6.92 Å². The maximum Gasteiger partial charge on any atom is 0.226 e. The Balaban J connectivity index is 2.13. The normalized spacial score (nSPS) is 11.5. The van der Waals surface area contributed by atoms with E-state index in [1.165, 1.54) is 6.92 Å². The molecule has 2 aromatic carbocycles. The van der Waals surface area contributed by atoms with Crippen LogP contribution in [0.4, 0.5) is 5.69 Å². The minimum atomic E-state index is -0.428. The van der Waals surface area contributed by atoms with Crippen molar-refractivity contribution in [1.82, 2.24) is 5.32 Å². The van der Waals surface area contributed by atoms with Gasteiger partial charge in [-0.2, -0.15) is 0 Å². The zero-order chi connectivity index (χ0) is 18.4. The molecule has 0 aliphatic carbocycles. The summed E-state index contributed by atoms with van der Waals surface area (Å²) >= 11 is 6.08. The van der Waals surface area contributed by atoms with Crippen LogP contribution in [-0.4, -0.2) is 18.9 Å². The van der Waals surface area contributed by atoms with Crippen LogP contribution in [0.15, 0.2) is 42.5 Å². The van der Waals surface area contributed by atoms with Crippen molar-refractivity contribution in [2.45, 2.75) is 26.3 Å². The molecule has 0 spiro atoms. The van der Waals surface area contributed by atoms with Crippen LogP contribution in [-0.2, 0) is 9.59 Å². The molecule has 0 fully saturated rings. The van der Waals surface area contributed by atoms with E-state index in [1.54, 1.807) is 37.4 Å². The third kappa shape index (κ3) is 5.22. The Bertz CT molecular complexity index is 760. The van der Waals surface area contributed by atoms with Gasteiger partial charge in [-0.25, -0.2) is 0 Å². The van der Waals surface area contributed by atoms with Gasteiger partial charge in [0.2, 0.25) is 11.8 Å². The van der Waals surface area contributed by atoms with Crippen molar-refractivity contribution in [3.8, 4) is 5.75 Å². The highest BCUT2D eigenvalue weighted by Gasteiger charge is 2.18. The van der Waals surface area contributed by atoms with Crippen molar-refractivity contribution in [1.29, 1.82) is 0 Å². The summed E-state index contributed by atoms with van der Waals surface area (Å²) in [6, 6.07) is 12.2. The Hall–Kier alpha value is -2.53. The van der Waals surface area contributed by atoms with Crippen molar-refractivity contribution in [2.24, 2.45) is 0 Å². The van der Waals surface area contributed by atoms with Crippen LogP contribution in [0.5, 0.6) is 5.75 Å². The van der Waals surface area contributed by atoms with Gasteiger partial charge in [0.1, 0.15) is 5.75 Å². The molecular formula is C19H21ClN2O3. The number of rotatable bonds is 6. The lowest BCUT2D eigenvalue weighted by molar-refractivity contribution is -0.120. The Kier molecular flexibility index (Phi) is 6.42. The summed E-state index contributed by atoms with van der Waals surface area (Å²) in [5.41, 5.74) is 2.29. The van der Waals surface area contributed by atoms with Gasteiger partial charge in [0.25, 0.3) is 0 Å². The molecule has 2 amide bonds. The van der Waals surface area contributed by atoms with E-state index >= 15 is 0 Å². The molecule has 25 heavy (non-hydrogen) atoms. The second kappa shape index (κ2) is 8.53. The van der Waals surface area contributed by atoms with Crippen LogP contribution >= 0.6 is 11.6 Å². The molecule has 0 aliphatic rings. The predicted molar refractivity (Wildman–Crippen MR) is 99.0 cm³/mol. The minimum Gasteiger partial charge on any atom is -0.497 e. The molecule has 0 bridgehead atoms. The Morgan fingerprint density at radius 2 is 1.84 bits per heavy atom. The van der Waals surface area contributed by atoms with Crippen LogP contribution in [0.2, 0.25) is 5.02 Å². The summed E-state index contributed by atoms with van der Waals surface area (Å²) in [4.78, 5) is 23.9. The van der Waals surface area contributed by atoms with E-state index in [0.717, 1.165) is 11.1 Å². The lowest BCUT2D eigenvalue weighted by Crippen LogP contribution is -2.29. The summed E-state index contributed by atoms with van der Waals surface area (Å²) in [6.45, 7) is 3.27. The molecule has 2 N–H and O–H groups in total. The number of ether oxygens (including phenoxy) is 1. The molecule has 0 aliphatic heterocycles. The molecule has 132 valence electrons. The highest BCUT2D eigenvalue weighted by molar-refractivity contribution is 6.31. The van der Waals surface area contributed by atoms with Gasteiger partial charge in [-0.3, -0.25) is 9.59 Å². The van der Waals surface area contributed by atoms with Gasteiger partial charge >= 0.3 is 0 Å². The number of nitrogens with one attached hydrogen (secondary N) is 2. The fourth-order valence-corrected chi connectivity index (χ4v) is 2.64. The second-order valence-electron chi connectivity index (χ2n) is 5.69. The lowest BCUT2D eigenvalue weighted by Gasteiger charge is -2.19. The number of methoxy groups -OCH3 is 1. The average Bonchev–Trinajstić information content (AvgIpc) is 2.58. The first-order valence-electron chi connectivity index (χ1n) is 7.86. The maximum atomic E-state index is 12.4. The van der Waals surface area contributed by atoms with E-state index in [2.05, 4.69) is 10.6 Å². The average molecular weight is 361 g/mol. The fraction of sp³-hybridized carbons (Fsp3) is 0.263. The molecule has 0 saturated carbocycles. The molecule has 0 saturated heterocycles. The summed E-state index contributed by atoms with van der Waals surface area (Å²) in [6.07, 6.45) is 0.109. The van der Waals surface area contributed by atoms with Crippen LogP contribution in [0.1, 0.15) is 30.5 Å². The first kappa shape index (κ1) is 18.8. The van der Waals surface area contributed by atoms with E-state index in [9.17, 15) is 9.59 Å². The first-order chi connectivity index (χ1) is 11.9. The molecular weight excluding hydrogens is 340 g/mol. The monoisotopic (exact) mass is 360 g/mol. The molecule has 0 radical (unpaired) electrons. The Labute approximate surface area is 152 Å². The summed E-state index contributed by atoms with van der Waals surface area (Å²) in [5, 5.41) is 6.25. The van der Waals surface area contributed by atoms with Crippen LogP contribution in [0.3, 0.4) is 0 Å². The lowest BCUT2D eigenvalue weighted by atomic mass is 10.0. The van der Waals surface area contributed by atoms with E-state index in [4.69, 9.17) is 16.3 Å². The van der Waals surface area contributed by atoms with Crippen molar-refractivity contribution >= 4 is 29.1 Å². The Morgan fingerprint density at radius 1 is 1.16 bits per heavy atom. The molecule has 2 rings (SSSR count). The topological polar surface area (TPSA) is 67.4 Å². The van der Waals surface area contributed by atoms with Gasteiger partial charge in [0.15, 0.2) is 0 Å². The third-order valence-electron chi connectivity index (χ3n) is 3.83. The molecule has 1 unspecified atom stereocenters. The molecule has 0 heterocycles. The number of hydrogen-bond acceptors (Lipinski definition) is 3. The van der Waals surface area contributed by atoms with Crippen molar-refractivity contribution in [2.75, 3.05) is 12.4 Å². The van der Waals surface area contributed by atoms with Crippen molar-refractivity contribution in [3.05, 3.63) is 58.6 Å². The van der Waals surface area contributed by atoms with E-state index < -0.39 is 6.04 Å². The number of anilines is 1. The number of hydrogen-bond donors (Lipinski definition) is 2. The maximum absolute atomic E-state index is 12.4. The smallest absolute Gasteiger partial charge is 0.226 e. The van der Waals surface area contributed by atoms with Gasteiger partial charge in [0.05, 0.1) is 19.6 Å². The van der Waals surface area contributed by atoms with E-state index in [1.807, 2.05) is 19.1 Å². The molecule has 5 nitrogen and oxygen atoms in total. The van der Waals surface area contributed by atoms with Gasteiger partial charge in [-0.1, -0.05) is 29.8 Å². The zero-order valence-electron chi connectivity index (χ0n) is 14.4. The first-order valence-corrected chi connectivity index (χ1v) is 8.24. The van der Waals surface area contributed by atoms with Crippen LogP contribution < -0.4 is 15.4 Å². The van der Waals surface area contributed by atoms with E-state index in [-0.39, 0.29) is 18.2 Å². The predicted octanol–water partition coefficient (Wildman–Crippen LogP) is 3.86. The summed E-state index contributed by atoms with van der Waals surface area (Å²) < 4.78 is 5.14.